The van der Waals surface area contributed by atoms with Crippen LogP contribution in [0.2, 0.25) is 0 Å². The van der Waals surface area contributed by atoms with Gasteiger partial charge in [0.2, 0.25) is 0 Å². The number of carboxylic acid groups (broad SMARTS) is 1. The number of rotatable bonds is 4. The maximum Gasteiger partial charge on any atom is 0.321 e. The zero-order valence-electron chi connectivity index (χ0n) is 13.2. The average Bonchev–Trinajstić information content (AvgIpc) is 2.50. The van der Waals surface area contributed by atoms with Gasteiger partial charge in [-0.05, 0) is 32.0 Å². The average molecular weight is 317 g/mol. The number of carboxylic acids is 1. The second-order valence-corrected chi connectivity index (χ2v) is 5.46. The molecule has 0 saturated heterocycles. The summed E-state index contributed by atoms with van der Waals surface area (Å²) in [5.41, 5.74) is 5.19. The third-order valence-corrected chi connectivity index (χ3v) is 3.63. The summed E-state index contributed by atoms with van der Waals surface area (Å²) in [6.45, 7) is 4.22. The first-order valence-electron chi connectivity index (χ1n) is 7.12. The van der Waals surface area contributed by atoms with E-state index in [1.54, 1.807) is 7.05 Å². The Bertz CT molecular complexity index is 532. The quantitative estimate of drug-likeness (QED) is 0.756. The largest absolute Gasteiger partial charge is 0.480 e. The van der Waals surface area contributed by atoms with Crippen LogP contribution < -0.4 is 5.32 Å². The summed E-state index contributed by atoms with van der Waals surface area (Å²) >= 11 is 3.79. The van der Waals surface area contributed by atoms with Crippen LogP contribution in [0.4, 0.5) is 0 Å². The Morgan fingerprint density at radius 3 is 1.55 bits per heavy atom. The van der Waals surface area contributed by atoms with Crippen molar-refractivity contribution in [1.82, 2.24) is 5.32 Å². The number of aliphatic carboxylic acids is 1. The monoisotopic (exact) mass is 317 g/mol. The Hall–Kier alpha value is -1.78. The lowest BCUT2D eigenvalue weighted by Gasteiger charge is -2.04. The van der Waals surface area contributed by atoms with Crippen LogP contribution >= 0.6 is 12.6 Å². The molecule has 0 aromatic heterocycles. The summed E-state index contributed by atoms with van der Waals surface area (Å²) in [7, 11) is 1.59. The summed E-state index contributed by atoms with van der Waals surface area (Å²) in [6, 6.07) is 16.7. The van der Waals surface area contributed by atoms with E-state index in [1.807, 2.05) is 0 Å². The molecule has 2 aromatic carbocycles. The number of aryl methyl sites for hydroxylation is 2. The van der Waals surface area contributed by atoms with Crippen LogP contribution in [0, 0.1) is 13.8 Å². The van der Waals surface area contributed by atoms with Crippen molar-refractivity contribution in [2.24, 2.45) is 0 Å². The van der Waals surface area contributed by atoms with Gasteiger partial charge in [0.1, 0.15) is 6.04 Å². The van der Waals surface area contributed by atoms with Crippen molar-refractivity contribution in [2.45, 2.75) is 19.9 Å². The molecule has 22 heavy (non-hydrogen) atoms. The van der Waals surface area contributed by atoms with Gasteiger partial charge in [0.05, 0.1) is 0 Å². The molecule has 0 saturated carbocycles. The van der Waals surface area contributed by atoms with Crippen LogP contribution in [0.3, 0.4) is 0 Å². The number of thiol groups is 1. The van der Waals surface area contributed by atoms with Gasteiger partial charge < -0.3 is 10.4 Å². The van der Waals surface area contributed by atoms with Gasteiger partial charge in [0, 0.05) is 5.75 Å². The Kier molecular flexibility index (Phi) is 7.71. The lowest BCUT2D eigenvalue weighted by molar-refractivity contribution is -0.138. The van der Waals surface area contributed by atoms with Crippen molar-refractivity contribution in [3.05, 3.63) is 59.7 Å². The van der Waals surface area contributed by atoms with Gasteiger partial charge >= 0.3 is 5.97 Å². The van der Waals surface area contributed by atoms with Gasteiger partial charge in [-0.2, -0.15) is 12.6 Å². The van der Waals surface area contributed by atoms with E-state index in [9.17, 15) is 4.79 Å². The van der Waals surface area contributed by atoms with Gasteiger partial charge in [-0.1, -0.05) is 59.7 Å². The molecule has 0 aliphatic carbocycles. The molecule has 0 aliphatic rings. The van der Waals surface area contributed by atoms with Crippen molar-refractivity contribution in [2.75, 3.05) is 12.8 Å². The Morgan fingerprint density at radius 1 is 1.00 bits per heavy atom. The number of benzene rings is 2. The molecule has 0 bridgehead atoms. The Morgan fingerprint density at radius 2 is 1.36 bits per heavy atom. The zero-order chi connectivity index (χ0) is 16.5. The van der Waals surface area contributed by atoms with Crippen molar-refractivity contribution < 1.29 is 9.90 Å². The first kappa shape index (κ1) is 18.3. The molecule has 0 unspecified atom stereocenters. The molecule has 118 valence electrons. The van der Waals surface area contributed by atoms with Crippen LogP contribution in [0.25, 0.3) is 11.1 Å². The van der Waals surface area contributed by atoms with Gasteiger partial charge in [-0.15, -0.1) is 0 Å². The van der Waals surface area contributed by atoms with E-state index in [4.69, 9.17) is 5.11 Å². The molecule has 0 aliphatic heterocycles. The molecule has 2 rings (SSSR count). The highest BCUT2D eigenvalue weighted by Gasteiger charge is 2.10. The van der Waals surface area contributed by atoms with E-state index >= 15 is 0 Å². The second-order valence-electron chi connectivity index (χ2n) is 5.09. The molecular weight excluding hydrogens is 294 g/mol. The predicted octanol–water partition coefficient (Wildman–Crippen LogP) is 3.56. The standard InChI is InChI=1S/C14H14.C4H9NO2S/c1-11-3-7-13(8-4-11)14-9-5-12(2)6-10-14;1-5-3(2-8)4(6)7/h3-10H,1-2H3;3,5,8H,2H2,1H3,(H,6,7)/t;3-/m.1/s1. The zero-order valence-corrected chi connectivity index (χ0v) is 14.1. The molecule has 0 radical (unpaired) electrons. The van der Waals surface area contributed by atoms with Crippen LogP contribution in [0.5, 0.6) is 0 Å². The molecule has 3 nitrogen and oxygen atoms in total. The highest BCUT2D eigenvalue weighted by molar-refractivity contribution is 7.80. The van der Waals surface area contributed by atoms with Gasteiger partial charge in [-0.25, -0.2) is 0 Å². The van der Waals surface area contributed by atoms with E-state index in [-0.39, 0.29) is 0 Å². The summed E-state index contributed by atoms with van der Waals surface area (Å²) in [5.74, 6) is -0.534. The van der Waals surface area contributed by atoms with Crippen LogP contribution in [-0.2, 0) is 4.79 Å². The van der Waals surface area contributed by atoms with Gasteiger partial charge in [-0.3, -0.25) is 4.79 Å². The lowest BCUT2D eigenvalue weighted by atomic mass is 10.0. The molecular formula is C18H23NO2S. The number of hydrogen-bond acceptors (Lipinski definition) is 3. The van der Waals surface area contributed by atoms with Gasteiger partial charge in [0.25, 0.3) is 0 Å². The van der Waals surface area contributed by atoms with Crippen molar-refractivity contribution >= 4 is 18.6 Å². The fourth-order valence-corrected chi connectivity index (χ4v) is 2.12. The predicted molar refractivity (Wildman–Crippen MR) is 95.7 cm³/mol. The minimum Gasteiger partial charge on any atom is -0.480 e. The highest BCUT2D eigenvalue weighted by atomic mass is 32.1. The maximum atomic E-state index is 10.1. The van der Waals surface area contributed by atoms with Gasteiger partial charge in [0.15, 0.2) is 0 Å². The van der Waals surface area contributed by atoms with E-state index in [1.165, 1.54) is 22.3 Å². The minimum absolute atomic E-state index is 0.325. The van der Waals surface area contributed by atoms with E-state index in [0.29, 0.717) is 5.75 Å². The summed E-state index contributed by atoms with van der Waals surface area (Å²) < 4.78 is 0. The summed E-state index contributed by atoms with van der Waals surface area (Å²) in [5, 5.41) is 10.8. The Balaban J connectivity index is 0.000000261. The molecule has 0 spiro atoms. The molecule has 0 amide bonds. The van der Waals surface area contributed by atoms with E-state index in [0.717, 1.165) is 0 Å². The van der Waals surface area contributed by atoms with E-state index in [2.05, 4.69) is 80.3 Å². The third kappa shape index (κ3) is 5.92. The van der Waals surface area contributed by atoms with Crippen molar-refractivity contribution in [1.29, 1.82) is 0 Å². The highest BCUT2D eigenvalue weighted by Crippen LogP contribution is 2.19. The molecule has 2 N–H and O–H groups in total. The molecule has 0 fully saturated rings. The summed E-state index contributed by atoms with van der Waals surface area (Å²) in [4.78, 5) is 10.1. The number of carbonyl (C=O) groups is 1. The fraction of sp³-hybridized carbons (Fsp3) is 0.278. The minimum atomic E-state index is -0.859. The first-order chi connectivity index (χ1) is 10.5. The van der Waals surface area contributed by atoms with Crippen LogP contribution in [-0.4, -0.2) is 29.9 Å². The topological polar surface area (TPSA) is 49.3 Å². The first-order valence-corrected chi connectivity index (χ1v) is 7.75. The Labute approximate surface area is 137 Å². The van der Waals surface area contributed by atoms with Crippen molar-refractivity contribution in [3.8, 4) is 11.1 Å². The normalized spacial score (nSPS) is 11.3. The van der Waals surface area contributed by atoms with E-state index < -0.39 is 12.0 Å². The SMILES string of the molecule is CN[C@H](CS)C(=O)O.Cc1ccc(-c2ccc(C)cc2)cc1. The number of likely N-dealkylation sites (N-methyl/N-ethyl adjacent to an activating group) is 1. The number of nitrogens with one attached hydrogen (secondary N) is 1. The molecule has 0 heterocycles. The fourth-order valence-electron chi connectivity index (χ4n) is 1.78. The lowest BCUT2D eigenvalue weighted by Crippen LogP contribution is -2.35. The molecule has 2 aromatic rings. The smallest absolute Gasteiger partial charge is 0.321 e. The summed E-state index contributed by atoms with van der Waals surface area (Å²) in [6.07, 6.45) is 0. The molecule has 4 heteroatoms. The molecule has 1 atom stereocenters. The maximum absolute atomic E-state index is 10.1. The van der Waals surface area contributed by atoms with Crippen molar-refractivity contribution in [3.63, 3.8) is 0 Å². The number of hydrogen-bond donors (Lipinski definition) is 3. The second kappa shape index (κ2) is 9.28. The van der Waals surface area contributed by atoms with Crippen LogP contribution in [0.1, 0.15) is 11.1 Å². The third-order valence-electron chi connectivity index (χ3n) is 3.27. The van der Waals surface area contributed by atoms with Crippen LogP contribution in [0.15, 0.2) is 48.5 Å².